The summed E-state index contributed by atoms with van der Waals surface area (Å²) in [5.41, 5.74) is 1.62. The van der Waals surface area contributed by atoms with Crippen molar-refractivity contribution in [1.29, 1.82) is 0 Å². The van der Waals surface area contributed by atoms with Crippen LogP contribution in [0.25, 0.3) is 0 Å². The fourth-order valence-corrected chi connectivity index (χ4v) is 1.74. The lowest BCUT2D eigenvalue weighted by atomic mass is 10.2. The van der Waals surface area contributed by atoms with Gasteiger partial charge in [-0.1, -0.05) is 6.92 Å². The zero-order chi connectivity index (χ0) is 13.5. The van der Waals surface area contributed by atoms with Crippen molar-refractivity contribution in [1.82, 2.24) is 9.88 Å². The molecule has 0 radical (unpaired) electrons. The van der Waals surface area contributed by atoms with E-state index in [4.69, 9.17) is 0 Å². The van der Waals surface area contributed by atoms with E-state index < -0.39 is 0 Å². The molecular weight excluding hydrogens is 226 g/mol. The van der Waals surface area contributed by atoms with Gasteiger partial charge < -0.3 is 9.80 Å². The summed E-state index contributed by atoms with van der Waals surface area (Å²) in [6.45, 7) is 6.70. The summed E-state index contributed by atoms with van der Waals surface area (Å²) in [4.78, 5) is 19.9. The quantitative estimate of drug-likeness (QED) is 0.693. The van der Waals surface area contributed by atoms with Crippen LogP contribution in [0.3, 0.4) is 0 Å². The number of ketones is 1. The third kappa shape index (κ3) is 4.45. The summed E-state index contributed by atoms with van der Waals surface area (Å²) in [6, 6.07) is 3.78. The Kier molecular flexibility index (Phi) is 5.78. The van der Waals surface area contributed by atoms with E-state index in [-0.39, 0.29) is 5.78 Å². The highest BCUT2D eigenvalue weighted by molar-refractivity contribution is 5.92. The smallest absolute Gasteiger partial charge is 0.178 e. The van der Waals surface area contributed by atoms with Crippen molar-refractivity contribution >= 4 is 11.5 Å². The van der Waals surface area contributed by atoms with Gasteiger partial charge in [0.1, 0.15) is 5.69 Å². The Bertz CT molecular complexity index is 373. The van der Waals surface area contributed by atoms with Gasteiger partial charge in [0.25, 0.3) is 0 Å². The summed E-state index contributed by atoms with van der Waals surface area (Å²) < 4.78 is 0. The molecule has 4 heteroatoms. The molecule has 0 unspecified atom stereocenters. The van der Waals surface area contributed by atoms with Gasteiger partial charge >= 0.3 is 0 Å². The minimum Gasteiger partial charge on any atom is -0.369 e. The Hall–Kier alpha value is -1.42. The van der Waals surface area contributed by atoms with Gasteiger partial charge in [-0.25, -0.2) is 0 Å². The molecule has 1 aromatic heterocycles. The SMILES string of the molecule is CCCN(CCN(C)C)c1ccc(C(C)=O)nc1. The molecule has 0 saturated heterocycles. The highest BCUT2D eigenvalue weighted by Gasteiger charge is 2.07. The average Bonchev–Trinajstić information content (AvgIpc) is 2.34. The lowest BCUT2D eigenvalue weighted by Gasteiger charge is -2.25. The Morgan fingerprint density at radius 3 is 2.39 bits per heavy atom. The molecule has 100 valence electrons. The first-order chi connectivity index (χ1) is 8.54. The topological polar surface area (TPSA) is 36.4 Å². The summed E-state index contributed by atoms with van der Waals surface area (Å²) >= 11 is 0. The van der Waals surface area contributed by atoms with Gasteiger partial charge in [-0.15, -0.1) is 0 Å². The van der Waals surface area contributed by atoms with E-state index >= 15 is 0 Å². The molecule has 0 amide bonds. The largest absolute Gasteiger partial charge is 0.369 e. The zero-order valence-electron chi connectivity index (χ0n) is 11.8. The van der Waals surface area contributed by atoms with Gasteiger partial charge in [0, 0.05) is 26.6 Å². The maximum atomic E-state index is 11.2. The summed E-state index contributed by atoms with van der Waals surface area (Å²) in [5, 5.41) is 0. The van der Waals surface area contributed by atoms with Gasteiger partial charge in [-0.3, -0.25) is 9.78 Å². The number of hydrogen-bond acceptors (Lipinski definition) is 4. The number of Topliss-reactive ketones (excluding diaryl/α,β-unsaturated/α-hetero) is 1. The summed E-state index contributed by atoms with van der Waals surface area (Å²) in [6.07, 6.45) is 2.89. The van der Waals surface area contributed by atoms with E-state index in [1.807, 2.05) is 6.07 Å². The second kappa shape index (κ2) is 7.11. The maximum Gasteiger partial charge on any atom is 0.178 e. The van der Waals surface area contributed by atoms with Crippen molar-refractivity contribution in [3.63, 3.8) is 0 Å². The molecule has 0 atom stereocenters. The van der Waals surface area contributed by atoms with Crippen LogP contribution in [0.4, 0.5) is 5.69 Å². The maximum absolute atomic E-state index is 11.2. The number of pyridine rings is 1. The van der Waals surface area contributed by atoms with Crippen LogP contribution in [0.1, 0.15) is 30.8 Å². The second-order valence-electron chi connectivity index (χ2n) is 4.75. The van der Waals surface area contributed by atoms with Crippen molar-refractivity contribution in [2.24, 2.45) is 0 Å². The first-order valence-corrected chi connectivity index (χ1v) is 6.41. The van der Waals surface area contributed by atoms with E-state index in [1.54, 1.807) is 12.3 Å². The molecule has 0 fully saturated rings. The van der Waals surface area contributed by atoms with E-state index in [2.05, 4.69) is 35.8 Å². The minimum atomic E-state index is 0.0110. The van der Waals surface area contributed by atoms with Crippen LogP contribution >= 0.6 is 0 Å². The Morgan fingerprint density at radius 2 is 1.94 bits per heavy atom. The zero-order valence-corrected chi connectivity index (χ0v) is 11.8. The fourth-order valence-electron chi connectivity index (χ4n) is 1.74. The third-order valence-corrected chi connectivity index (χ3v) is 2.78. The molecule has 1 aromatic rings. The van der Waals surface area contributed by atoms with Crippen LogP contribution < -0.4 is 4.90 Å². The lowest BCUT2D eigenvalue weighted by Crippen LogP contribution is -2.32. The first kappa shape index (κ1) is 14.6. The Morgan fingerprint density at radius 1 is 1.22 bits per heavy atom. The first-order valence-electron chi connectivity index (χ1n) is 6.41. The van der Waals surface area contributed by atoms with Crippen molar-refractivity contribution < 1.29 is 4.79 Å². The Labute approximate surface area is 110 Å². The van der Waals surface area contributed by atoms with Gasteiger partial charge in [0.2, 0.25) is 0 Å². The molecular formula is C14H23N3O. The molecule has 0 aliphatic carbocycles. The van der Waals surface area contributed by atoms with E-state index in [0.717, 1.165) is 31.7 Å². The monoisotopic (exact) mass is 249 g/mol. The van der Waals surface area contributed by atoms with Crippen LogP contribution in [0.2, 0.25) is 0 Å². The molecule has 1 heterocycles. The van der Waals surface area contributed by atoms with Gasteiger partial charge in [0.05, 0.1) is 11.9 Å². The molecule has 4 nitrogen and oxygen atoms in total. The second-order valence-corrected chi connectivity index (χ2v) is 4.75. The lowest BCUT2D eigenvalue weighted by molar-refractivity contribution is 0.101. The normalized spacial score (nSPS) is 10.7. The van der Waals surface area contributed by atoms with Crippen molar-refractivity contribution in [2.75, 3.05) is 38.6 Å². The van der Waals surface area contributed by atoms with Crippen LogP contribution in [0.15, 0.2) is 18.3 Å². The predicted molar refractivity (Wildman–Crippen MR) is 75.3 cm³/mol. The highest BCUT2D eigenvalue weighted by atomic mass is 16.1. The van der Waals surface area contributed by atoms with Gasteiger partial charge in [0.15, 0.2) is 5.78 Å². The number of aromatic nitrogens is 1. The highest BCUT2D eigenvalue weighted by Crippen LogP contribution is 2.13. The van der Waals surface area contributed by atoms with Crippen LogP contribution in [-0.2, 0) is 0 Å². The average molecular weight is 249 g/mol. The number of likely N-dealkylation sites (N-methyl/N-ethyl adjacent to an activating group) is 1. The Balaban J connectivity index is 2.75. The summed E-state index contributed by atoms with van der Waals surface area (Å²) in [5.74, 6) is 0.0110. The number of anilines is 1. The van der Waals surface area contributed by atoms with Crippen molar-refractivity contribution in [3.05, 3.63) is 24.0 Å². The van der Waals surface area contributed by atoms with Crippen molar-refractivity contribution in [3.8, 4) is 0 Å². The summed E-state index contributed by atoms with van der Waals surface area (Å²) in [7, 11) is 4.14. The molecule has 1 rings (SSSR count). The van der Waals surface area contributed by atoms with Crippen LogP contribution in [0, 0.1) is 0 Å². The number of carbonyl (C=O) groups excluding carboxylic acids is 1. The van der Waals surface area contributed by atoms with Gasteiger partial charge in [-0.2, -0.15) is 0 Å². The van der Waals surface area contributed by atoms with E-state index in [1.165, 1.54) is 6.92 Å². The van der Waals surface area contributed by atoms with Crippen molar-refractivity contribution in [2.45, 2.75) is 20.3 Å². The molecule has 18 heavy (non-hydrogen) atoms. The fraction of sp³-hybridized carbons (Fsp3) is 0.571. The van der Waals surface area contributed by atoms with Crippen LogP contribution in [-0.4, -0.2) is 49.4 Å². The van der Waals surface area contributed by atoms with E-state index in [9.17, 15) is 4.79 Å². The standard InChI is InChI=1S/C14H23N3O/c1-5-8-17(10-9-16(3)4)13-6-7-14(12(2)18)15-11-13/h6-7,11H,5,8-10H2,1-4H3. The van der Waals surface area contributed by atoms with Gasteiger partial charge in [-0.05, 0) is 32.6 Å². The predicted octanol–water partition coefficient (Wildman–Crippen LogP) is 2.06. The molecule has 0 N–H and O–H groups in total. The van der Waals surface area contributed by atoms with Crippen LogP contribution in [0.5, 0.6) is 0 Å². The van der Waals surface area contributed by atoms with E-state index in [0.29, 0.717) is 5.69 Å². The molecule has 0 bridgehead atoms. The molecule has 0 spiro atoms. The minimum absolute atomic E-state index is 0.0110. The molecule has 0 saturated carbocycles. The molecule has 0 aliphatic heterocycles. The third-order valence-electron chi connectivity index (χ3n) is 2.78. The number of hydrogen-bond donors (Lipinski definition) is 0. The number of rotatable bonds is 7. The number of nitrogens with zero attached hydrogens (tertiary/aromatic N) is 3. The molecule has 0 aliphatic rings. The molecule has 0 aromatic carbocycles. The number of carbonyl (C=O) groups is 1.